The zero-order chi connectivity index (χ0) is 12.5. The van der Waals surface area contributed by atoms with E-state index in [9.17, 15) is 4.79 Å². The zero-order valence-electron chi connectivity index (χ0n) is 9.11. The molecule has 0 aromatic carbocycles. The molecule has 3 aromatic heterocycles. The average Bonchev–Trinajstić information content (AvgIpc) is 2.94. The van der Waals surface area contributed by atoms with Gasteiger partial charge in [0, 0.05) is 17.3 Å². The Bertz CT molecular complexity index is 700. The first-order valence-electron chi connectivity index (χ1n) is 5.14. The summed E-state index contributed by atoms with van der Waals surface area (Å²) >= 11 is 0. The van der Waals surface area contributed by atoms with Crippen LogP contribution in [0, 0.1) is 0 Å². The van der Waals surface area contributed by atoms with Gasteiger partial charge in [-0.25, -0.2) is 4.79 Å². The first-order valence-corrected chi connectivity index (χ1v) is 5.14. The number of hydrogen-bond acceptors (Lipinski definition) is 4. The fourth-order valence-electron chi connectivity index (χ4n) is 1.71. The van der Waals surface area contributed by atoms with Crippen LogP contribution < -0.4 is 4.74 Å². The minimum atomic E-state index is -1.38. The van der Waals surface area contributed by atoms with Crippen LogP contribution in [-0.2, 0) is 0 Å². The molecule has 0 unspecified atom stereocenters. The predicted octanol–water partition coefficient (Wildman–Crippen LogP) is 2.65. The Morgan fingerprint density at radius 3 is 2.89 bits per heavy atom. The molecule has 0 atom stereocenters. The van der Waals surface area contributed by atoms with E-state index < -0.39 is 6.16 Å². The summed E-state index contributed by atoms with van der Waals surface area (Å²) in [4.78, 5) is 14.4. The molecule has 0 spiro atoms. The number of pyridine rings is 1. The minimum absolute atomic E-state index is 0.0480. The second-order valence-electron chi connectivity index (χ2n) is 3.64. The van der Waals surface area contributed by atoms with E-state index in [0.29, 0.717) is 5.65 Å². The normalized spacial score (nSPS) is 10.7. The Labute approximate surface area is 101 Å². The first kappa shape index (κ1) is 10.4. The van der Waals surface area contributed by atoms with Gasteiger partial charge in [0.15, 0.2) is 0 Å². The van der Waals surface area contributed by atoms with E-state index in [0.717, 1.165) is 11.1 Å². The van der Waals surface area contributed by atoms with E-state index >= 15 is 0 Å². The number of rotatable bonds is 2. The number of carbonyl (C=O) groups is 1. The molecule has 0 saturated carbocycles. The van der Waals surface area contributed by atoms with Crippen molar-refractivity contribution < 1.29 is 19.1 Å². The first-order chi connectivity index (χ1) is 8.72. The molecule has 0 saturated heterocycles. The number of carboxylic acid groups (broad SMARTS) is 1. The SMILES string of the molecule is O=C(O)Oc1cn2cc(-c3ccoc3)ccc2n1. The summed E-state index contributed by atoms with van der Waals surface area (Å²) in [7, 11) is 0. The lowest BCUT2D eigenvalue weighted by Gasteiger charge is -1.97. The molecule has 3 rings (SSSR count). The molecular formula is C12H8N2O4. The van der Waals surface area contributed by atoms with Gasteiger partial charge >= 0.3 is 6.16 Å². The molecule has 6 heteroatoms. The van der Waals surface area contributed by atoms with Gasteiger partial charge in [-0.3, -0.25) is 0 Å². The van der Waals surface area contributed by atoms with E-state index in [2.05, 4.69) is 9.72 Å². The number of hydrogen-bond donors (Lipinski definition) is 1. The molecule has 3 heterocycles. The molecule has 0 amide bonds. The van der Waals surface area contributed by atoms with Gasteiger partial charge in [-0.15, -0.1) is 0 Å². The molecule has 0 bridgehead atoms. The van der Waals surface area contributed by atoms with Gasteiger partial charge in [0.1, 0.15) is 5.65 Å². The topological polar surface area (TPSA) is 77.0 Å². The van der Waals surface area contributed by atoms with Crippen LogP contribution in [0.1, 0.15) is 0 Å². The highest BCUT2D eigenvalue weighted by Gasteiger charge is 2.07. The van der Waals surface area contributed by atoms with Gasteiger partial charge < -0.3 is 18.7 Å². The maximum atomic E-state index is 10.4. The highest BCUT2D eigenvalue weighted by molar-refractivity contribution is 5.64. The number of fused-ring (bicyclic) bond motifs is 1. The number of aromatic nitrogens is 2. The Morgan fingerprint density at radius 1 is 1.28 bits per heavy atom. The molecule has 3 aromatic rings. The van der Waals surface area contributed by atoms with Gasteiger partial charge in [-0.2, -0.15) is 4.98 Å². The smallest absolute Gasteiger partial charge is 0.472 e. The van der Waals surface area contributed by atoms with E-state index in [1.165, 1.54) is 6.20 Å². The van der Waals surface area contributed by atoms with Crippen molar-refractivity contribution in [2.45, 2.75) is 0 Å². The van der Waals surface area contributed by atoms with Crippen LogP contribution in [0.2, 0.25) is 0 Å². The van der Waals surface area contributed by atoms with E-state index in [-0.39, 0.29) is 5.88 Å². The van der Waals surface area contributed by atoms with Crippen molar-refractivity contribution >= 4 is 11.8 Å². The van der Waals surface area contributed by atoms with Crippen molar-refractivity contribution in [1.82, 2.24) is 9.38 Å². The van der Waals surface area contributed by atoms with Crippen molar-refractivity contribution in [2.24, 2.45) is 0 Å². The quantitative estimate of drug-likeness (QED) is 0.701. The second-order valence-corrected chi connectivity index (χ2v) is 3.64. The second kappa shape index (κ2) is 3.92. The number of furan rings is 1. The van der Waals surface area contributed by atoms with Crippen LogP contribution in [0.25, 0.3) is 16.8 Å². The monoisotopic (exact) mass is 244 g/mol. The molecule has 0 aliphatic rings. The Kier molecular flexibility index (Phi) is 2.26. The third-order valence-electron chi connectivity index (χ3n) is 2.48. The molecule has 6 nitrogen and oxygen atoms in total. The van der Waals surface area contributed by atoms with Gasteiger partial charge in [0.25, 0.3) is 0 Å². The number of imidazole rings is 1. The van der Waals surface area contributed by atoms with Crippen molar-refractivity contribution in [2.75, 3.05) is 0 Å². The maximum absolute atomic E-state index is 10.4. The highest BCUT2D eigenvalue weighted by Crippen LogP contribution is 2.21. The fraction of sp³-hybridized carbons (Fsp3) is 0. The summed E-state index contributed by atoms with van der Waals surface area (Å²) in [6.45, 7) is 0. The summed E-state index contributed by atoms with van der Waals surface area (Å²) < 4.78 is 11.2. The van der Waals surface area contributed by atoms with Crippen molar-refractivity contribution in [1.29, 1.82) is 0 Å². The molecule has 0 radical (unpaired) electrons. The van der Waals surface area contributed by atoms with Crippen LogP contribution in [0.15, 0.2) is 47.5 Å². The van der Waals surface area contributed by atoms with Crippen molar-refractivity contribution in [3.63, 3.8) is 0 Å². The van der Waals surface area contributed by atoms with Crippen molar-refractivity contribution in [3.8, 4) is 17.0 Å². The van der Waals surface area contributed by atoms with Crippen molar-refractivity contribution in [3.05, 3.63) is 43.1 Å². The molecule has 0 aliphatic carbocycles. The Balaban J connectivity index is 2.04. The number of nitrogens with zero attached hydrogens (tertiary/aromatic N) is 2. The standard InChI is InChI=1S/C12H8N2O4/c15-12(16)18-11-6-14-5-8(1-2-10(14)13-11)9-3-4-17-7-9/h1-7H,(H,15,16). The summed E-state index contributed by atoms with van der Waals surface area (Å²) in [5.41, 5.74) is 2.49. The van der Waals surface area contributed by atoms with Gasteiger partial charge in [-0.1, -0.05) is 0 Å². The van der Waals surface area contributed by atoms with E-state index in [4.69, 9.17) is 9.52 Å². The lowest BCUT2D eigenvalue weighted by Crippen LogP contribution is -2.02. The number of ether oxygens (including phenoxy) is 1. The lowest BCUT2D eigenvalue weighted by molar-refractivity contribution is 0.143. The maximum Gasteiger partial charge on any atom is 0.512 e. The molecule has 90 valence electrons. The molecule has 0 fully saturated rings. The van der Waals surface area contributed by atoms with Gasteiger partial charge in [0.05, 0.1) is 18.7 Å². The fourth-order valence-corrected chi connectivity index (χ4v) is 1.71. The zero-order valence-corrected chi connectivity index (χ0v) is 9.11. The van der Waals surface area contributed by atoms with Crippen LogP contribution in [0.3, 0.4) is 0 Å². The van der Waals surface area contributed by atoms with Crippen LogP contribution in [0.4, 0.5) is 4.79 Å². The molecule has 0 aliphatic heterocycles. The van der Waals surface area contributed by atoms with Crippen LogP contribution in [-0.4, -0.2) is 20.6 Å². The van der Waals surface area contributed by atoms with Gasteiger partial charge in [-0.05, 0) is 18.2 Å². The van der Waals surface area contributed by atoms with E-state index in [1.54, 1.807) is 23.0 Å². The Morgan fingerprint density at radius 2 is 2.17 bits per heavy atom. The van der Waals surface area contributed by atoms with Crippen LogP contribution >= 0.6 is 0 Å². The lowest BCUT2D eigenvalue weighted by atomic mass is 10.1. The third kappa shape index (κ3) is 1.80. The Hall–Kier alpha value is -2.76. The summed E-state index contributed by atoms with van der Waals surface area (Å²) in [5.74, 6) is 0.0480. The summed E-state index contributed by atoms with van der Waals surface area (Å²) in [6.07, 6.45) is 5.17. The van der Waals surface area contributed by atoms with Crippen LogP contribution in [0.5, 0.6) is 5.88 Å². The average molecular weight is 244 g/mol. The van der Waals surface area contributed by atoms with E-state index in [1.807, 2.05) is 18.3 Å². The third-order valence-corrected chi connectivity index (χ3v) is 2.48. The highest BCUT2D eigenvalue weighted by atomic mass is 16.7. The summed E-state index contributed by atoms with van der Waals surface area (Å²) in [5, 5.41) is 8.51. The molecular weight excluding hydrogens is 236 g/mol. The minimum Gasteiger partial charge on any atom is -0.472 e. The largest absolute Gasteiger partial charge is 0.512 e. The molecule has 18 heavy (non-hydrogen) atoms. The molecule has 1 N–H and O–H groups in total. The predicted molar refractivity (Wildman–Crippen MR) is 61.5 cm³/mol. The summed E-state index contributed by atoms with van der Waals surface area (Å²) in [6, 6.07) is 5.49. The van der Waals surface area contributed by atoms with Gasteiger partial charge in [0.2, 0.25) is 5.88 Å².